The fourth-order valence-electron chi connectivity index (χ4n) is 1.83. The highest BCUT2D eigenvalue weighted by Gasteiger charge is 2.29. The first-order valence-electron chi connectivity index (χ1n) is 5.67. The van der Waals surface area contributed by atoms with Gasteiger partial charge in [-0.2, -0.15) is 18.3 Å². The maximum atomic E-state index is 12.4. The molecule has 0 bridgehead atoms. The Kier molecular flexibility index (Phi) is 3.13. The number of benzene rings is 1. The van der Waals surface area contributed by atoms with Crippen molar-refractivity contribution in [2.75, 3.05) is 0 Å². The molecule has 0 aliphatic carbocycles. The van der Waals surface area contributed by atoms with Crippen LogP contribution in [0.25, 0.3) is 16.8 Å². The minimum atomic E-state index is -4.29. The van der Waals surface area contributed by atoms with E-state index < -0.39 is 5.51 Å². The Labute approximate surface area is 116 Å². The Bertz CT molecular complexity index is 752. The van der Waals surface area contributed by atoms with Gasteiger partial charge in [0, 0.05) is 28.9 Å². The van der Waals surface area contributed by atoms with Crippen molar-refractivity contribution in [3.05, 3.63) is 48.9 Å². The van der Waals surface area contributed by atoms with Crippen molar-refractivity contribution in [2.45, 2.75) is 10.4 Å². The monoisotopic (exact) mass is 295 g/mol. The molecular weight excluding hydrogens is 287 g/mol. The third-order valence-corrected chi connectivity index (χ3v) is 3.37. The van der Waals surface area contributed by atoms with Gasteiger partial charge in [-0.3, -0.25) is 0 Å². The van der Waals surface area contributed by atoms with E-state index >= 15 is 0 Å². The zero-order valence-electron chi connectivity index (χ0n) is 10.0. The van der Waals surface area contributed by atoms with Crippen LogP contribution in [-0.4, -0.2) is 20.1 Å². The predicted octanol–water partition coefficient (Wildman–Crippen LogP) is 4.01. The summed E-state index contributed by atoms with van der Waals surface area (Å²) in [4.78, 5) is 4.34. The molecule has 102 valence electrons. The normalized spacial score (nSPS) is 11.9. The molecular formula is C13H8F3N3S. The van der Waals surface area contributed by atoms with Crippen molar-refractivity contribution in [1.29, 1.82) is 0 Å². The van der Waals surface area contributed by atoms with E-state index in [4.69, 9.17) is 0 Å². The Morgan fingerprint density at radius 1 is 1.10 bits per heavy atom. The number of rotatable bonds is 2. The van der Waals surface area contributed by atoms with E-state index in [1.807, 2.05) is 0 Å². The van der Waals surface area contributed by atoms with Gasteiger partial charge in [-0.05, 0) is 29.5 Å². The minimum absolute atomic E-state index is 0.128. The van der Waals surface area contributed by atoms with E-state index in [-0.39, 0.29) is 16.7 Å². The van der Waals surface area contributed by atoms with Gasteiger partial charge in [0.25, 0.3) is 0 Å². The Morgan fingerprint density at radius 2 is 1.95 bits per heavy atom. The topological polar surface area (TPSA) is 30.2 Å². The first-order valence-corrected chi connectivity index (χ1v) is 6.48. The maximum Gasteiger partial charge on any atom is 0.446 e. The second-order valence-electron chi connectivity index (χ2n) is 4.05. The van der Waals surface area contributed by atoms with Gasteiger partial charge in [0.1, 0.15) is 0 Å². The van der Waals surface area contributed by atoms with E-state index in [2.05, 4.69) is 10.1 Å². The van der Waals surface area contributed by atoms with Crippen LogP contribution in [0.1, 0.15) is 0 Å². The second-order valence-corrected chi connectivity index (χ2v) is 5.19. The molecule has 0 aliphatic heterocycles. The largest absolute Gasteiger partial charge is 0.446 e. The molecule has 2 heterocycles. The number of fused-ring (bicyclic) bond motifs is 1. The maximum absolute atomic E-state index is 12.4. The van der Waals surface area contributed by atoms with Gasteiger partial charge in [0.2, 0.25) is 0 Å². The van der Waals surface area contributed by atoms with E-state index in [0.717, 1.165) is 0 Å². The summed E-state index contributed by atoms with van der Waals surface area (Å²) in [6.45, 7) is 0. The van der Waals surface area contributed by atoms with Crippen molar-refractivity contribution >= 4 is 17.4 Å². The molecule has 0 saturated heterocycles. The van der Waals surface area contributed by atoms with Gasteiger partial charge in [-0.1, -0.05) is 12.1 Å². The summed E-state index contributed by atoms with van der Waals surface area (Å²) >= 11 is -0.128. The second kappa shape index (κ2) is 4.82. The van der Waals surface area contributed by atoms with Gasteiger partial charge in [0.05, 0.1) is 6.20 Å². The standard InChI is InChI=1S/C13H8F3N3S/c14-13(15,16)20-11-3-1-2-9(6-11)10-7-17-12-4-5-18-19(12)8-10/h1-8H. The minimum Gasteiger partial charge on any atom is -0.236 e. The highest BCUT2D eigenvalue weighted by Crippen LogP contribution is 2.38. The van der Waals surface area contributed by atoms with E-state index in [0.29, 0.717) is 16.8 Å². The summed E-state index contributed by atoms with van der Waals surface area (Å²) in [5.74, 6) is 0. The molecule has 0 fully saturated rings. The van der Waals surface area contributed by atoms with Crippen LogP contribution in [0.5, 0.6) is 0 Å². The van der Waals surface area contributed by atoms with Gasteiger partial charge >= 0.3 is 5.51 Å². The summed E-state index contributed by atoms with van der Waals surface area (Å²) in [5, 5.41) is 4.06. The number of aromatic nitrogens is 3. The summed E-state index contributed by atoms with van der Waals surface area (Å²) < 4.78 is 38.7. The first kappa shape index (κ1) is 13.0. The van der Waals surface area contributed by atoms with Crippen LogP contribution in [0.4, 0.5) is 13.2 Å². The molecule has 0 atom stereocenters. The molecule has 2 aromatic heterocycles. The average Bonchev–Trinajstić information content (AvgIpc) is 2.84. The Balaban J connectivity index is 1.98. The van der Waals surface area contributed by atoms with Crippen LogP contribution in [0.15, 0.2) is 53.8 Å². The predicted molar refractivity (Wildman–Crippen MR) is 70.3 cm³/mol. The Morgan fingerprint density at radius 3 is 2.75 bits per heavy atom. The van der Waals surface area contributed by atoms with Crippen molar-refractivity contribution in [1.82, 2.24) is 14.6 Å². The quantitative estimate of drug-likeness (QED) is 0.669. The Hall–Kier alpha value is -2.02. The number of alkyl halides is 3. The molecule has 0 radical (unpaired) electrons. The van der Waals surface area contributed by atoms with Gasteiger partial charge < -0.3 is 0 Å². The molecule has 3 nitrogen and oxygen atoms in total. The lowest BCUT2D eigenvalue weighted by molar-refractivity contribution is -0.0328. The highest BCUT2D eigenvalue weighted by atomic mass is 32.2. The molecule has 7 heteroatoms. The summed E-state index contributed by atoms with van der Waals surface area (Å²) in [5.41, 5.74) is -2.22. The molecule has 0 unspecified atom stereocenters. The summed E-state index contributed by atoms with van der Waals surface area (Å²) in [7, 11) is 0. The molecule has 3 aromatic rings. The van der Waals surface area contributed by atoms with Gasteiger partial charge in [0.15, 0.2) is 5.65 Å². The van der Waals surface area contributed by atoms with Gasteiger partial charge in [-0.15, -0.1) is 0 Å². The lowest BCUT2D eigenvalue weighted by Crippen LogP contribution is -1.99. The lowest BCUT2D eigenvalue weighted by atomic mass is 10.1. The van der Waals surface area contributed by atoms with Crippen LogP contribution < -0.4 is 0 Å². The van der Waals surface area contributed by atoms with Crippen molar-refractivity contribution in [2.24, 2.45) is 0 Å². The number of hydrogen-bond donors (Lipinski definition) is 0. The zero-order chi connectivity index (χ0) is 14.2. The number of nitrogens with zero attached hydrogens (tertiary/aromatic N) is 3. The smallest absolute Gasteiger partial charge is 0.236 e. The molecule has 3 rings (SSSR count). The SMILES string of the molecule is FC(F)(F)Sc1cccc(-c2cnc3ccnn3c2)c1. The highest BCUT2D eigenvalue weighted by molar-refractivity contribution is 8.00. The fraction of sp³-hybridized carbons (Fsp3) is 0.0769. The third kappa shape index (κ3) is 2.77. The van der Waals surface area contributed by atoms with Crippen molar-refractivity contribution < 1.29 is 13.2 Å². The van der Waals surface area contributed by atoms with E-state index in [1.165, 1.54) is 12.1 Å². The van der Waals surface area contributed by atoms with Crippen LogP contribution in [-0.2, 0) is 0 Å². The van der Waals surface area contributed by atoms with Crippen LogP contribution >= 0.6 is 11.8 Å². The molecule has 0 saturated carbocycles. The summed E-state index contributed by atoms with van der Waals surface area (Å²) in [6.07, 6.45) is 4.97. The van der Waals surface area contributed by atoms with E-state index in [1.54, 1.807) is 41.3 Å². The molecule has 20 heavy (non-hydrogen) atoms. The molecule has 0 spiro atoms. The fourth-order valence-corrected chi connectivity index (χ4v) is 2.43. The number of hydrogen-bond acceptors (Lipinski definition) is 3. The summed E-state index contributed by atoms with van der Waals surface area (Å²) in [6, 6.07) is 8.01. The molecule has 0 aliphatic rings. The van der Waals surface area contributed by atoms with E-state index in [9.17, 15) is 13.2 Å². The van der Waals surface area contributed by atoms with Crippen molar-refractivity contribution in [3.63, 3.8) is 0 Å². The van der Waals surface area contributed by atoms with Crippen LogP contribution in [0, 0.1) is 0 Å². The number of thioether (sulfide) groups is 1. The first-order chi connectivity index (χ1) is 9.51. The molecule has 0 N–H and O–H groups in total. The van der Waals surface area contributed by atoms with Gasteiger partial charge in [-0.25, -0.2) is 9.50 Å². The number of halogens is 3. The zero-order valence-corrected chi connectivity index (χ0v) is 10.8. The lowest BCUT2D eigenvalue weighted by Gasteiger charge is -2.07. The average molecular weight is 295 g/mol. The third-order valence-electron chi connectivity index (χ3n) is 2.65. The van der Waals surface area contributed by atoms with Crippen LogP contribution in [0.2, 0.25) is 0 Å². The molecule has 0 amide bonds. The van der Waals surface area contributed by atoms with Crippen LogP contribution in [0.3, 0.4) is 0 Å². The molecule has 1 aromatic carbocycles. The van der Waals surface area contributed by atoms with Crippen molar-refractivity contribution in [3.8, 4) is 11.1 Å².